The molecule has 0 aliphatic heterocycles. The second kappa shape index (κ2) is 6.74. The molecule has 0 aromatic heterocycles. The third-order valence-corrected chi connectivity index (χ3v) is 4.12. The van der Waals surface area contributed by atoms with E-state index in [9.17, 15) is 19.7 Å². The van der Waals surface area contributed by atoms with Crippen molar-refractivity contribution in [3.05, 3.63) is 38.9 Å². The van der Waals surface area contributed by atoms with Gasteiger partial charge < -0.3 is 11.1 Å². The highest BCUT2D eigenvalue weighted by atomic mass is 35.5. The molecule has 2 rings (SSSR count). The van der Waals surface area contributed by atoms with Crippen molar-refractivity contribution in [1.82, 2.24) is 5.32 Å². The van der Waals surface area contributed by atoms with Gasteiger partial charge in [-0.25, -0.2) is 0 Å². The Hall–Kier alpha value is -2.15. The van der Waals surface area contributed by atoms with E-state index < -0.39 is 4.92 Å². The maximum Gasteiger partial charge on any atom is 0.287 e. The summed E-state index contributed by atoms with van der Waals surface area (Å²) >= 11 is 5.79. The van der Waals surface area contributed by atoms with Crippen LogP contribution < -0.4 is 11.1 Å². The van der Waals surface area contributed by atoms with E-state index in [4.69, 9.17) is 17.3 Å². The van der Waals surface area contributed by atoms with Crippen molar-refractivity contribution in [2.75, 3.05) is 0 Å². The number of primary amides is 1. The second-order valence-corrected chi connectivity index (χ2v) is 5.77. The maximum absolute atomic E-state index is 12.2. The summed E-state index contributed by atoms with van der Waals surface area (Å²) in [5, 5.41) is 13.4. The van der Waals surface area contributed by atoms with Gasteiger partial charge in [0.1, 0.15) is 5.02 Å². The number of rotatable bonds is 4. The molecule has 2 atom stereocenters. The fraction of sp³-hybridized carbons (Fsp3) is 0.429. The fourth-order valence-corrected chi connectivity index (χ4v) is 2.89. The summed E-state index contributed by atoms with van der Waals surface area (Å²) in [6, 6.07) is 3.69. The van der Waals surface area contributed by atoms with Crippen LogP contribution in [-0.4, -0.2) is 22.8 Å². The Morgan fingerprint density at radius 3 is 2.68 bits per heavy atom. The molecule has 8 heteroatoms. The van der Waals surface area contributed by atoms with Gasteiger partial charge in [0.05, 0.1) is 4.92 Å². The molecular formula is C14H16ClN3O4. The Bertz CT molecular complexity index is 620. The van der Waals surface area contributed by atoms with Gasteiger partial charge in [-0.2, -0.15) is 0 Å². The van der Waals surface area contributed by atoms with E-state index in [1.165, 1.54) is 18.2 Å². The van der Waals surface area contributed by atoms with E-state index in [-0.39, 0.29) is 40.0 Å². The summed E-state index contributed by atoms with van der Waals surface area (Å²) in [5.74, 6) is -0.941. The zero-order chi connectivity index (χ0) is 16.3. The minimum Gasteiger partial charge on any atom is -0.369 e. The van der Waals surface area contributed by atoms with Crippen LogP contribution in [0.15, 0.2) is 18.2 Å². The number of nitro groups is 1. The number of carbonyl (C=O) groups is 2. The molecule has 1 aliphatic rings. The first-order valence-electron chi connectivity index (χ1n) is 6.92. The SMILES string of the molecule is NC(=O)[C@H]1CCC[C@H](NC(=O)c2ccc([N+](=O)[O-])c(Cl)c2)C1. The molecule has 3 N–H and O–H groups in total. The number of nitrogens with two attached hydrogens (primary N) is 1. The number of carbonyl (C=O) groups excluding carboxylic acids is 2. The Morgan fingerprint density at radius 2 is 2.09 bits per heavy atom. The number of nitrogens with one attached hydrogen (secondary N) is 1. The van der Waals surface area contributed by atoms with E-state index in [1.807, 2.05) is 0 Å². The predicted octanol–water partition coefficient (Wildman–Crippen LogP) is 2.02. The van der Waals surface area contributed by atoms with E-state index in [1.54, 1.807) is 0 Å². The summed E-state index contributed by atoms with van der Waals surface area (Å²) in [5.41, 5.74) is 5.30. The van der Waals surface area contributed by atoms with Crippen molar-refractivity contribution in [2.45, 2.75) is 31.7 Å². The normalized spacial score (nSPS) is 21.1. The lowest BCUT2D eigenvalue weighted by Crippen LogP contribution is -2.41. The van der Waals surface area contributed by atoms with Gasteiger partial charge in [-0.05, 0) is 31.4 Å². The lowest BCUT2D eigenvalue weighted by atomic mass is 9.85. The van der Waals surface area contributed by atoms with Crippen molar-refractivity contribution in [3.63, 3.8) is 0 Å². The molecule has 0 unspecified atom stereocenters. The monoisotopic (exact) mass is 325 g/mol. The predicted molar refractivity (Wildman–Crippen MR) is 80.5 cm³/mol. The van der Waals surface area contributed by atoms with Crippen LogP contribution in [0.2, 0.25) is 5.02 Å². The number of nitro benzene ring substituents is 1. The molecule has 0 bridgehead atoms. The van der Waals surface area contributed by atoms with Crippen molar-refractivity contribution in [1.29, 1.82) is 0 Å². The quantitative estimate of drug-likeness (QED) is 0.650. The van der Waals surface area contributed by atoms with Crippen molar-refractivity contribution in [2.24, 2.45) is 11.7 Å². The second-order valence-electron chi connectivity index (χ2n) is 5.36. The first-order chi connectivity index (χ1) is 10.4. The number of halogens is 1. The Labute approximate surface area is 132 Å². The molecule has 118 valence electrons. The Morgan fingerprint density at radius 1 is 1.36 bits per heavy atom. The molecular weight excluding hydrogens is 310 g/mol. The third-order valence-electron chi connectivity index (χ3n) is 3.82. The number of nitrogens with zero attached hydrogens (tertiary/aromatic N) is 1. The van der Waals surface area contributed by atoms with Crippen LogP contribution in [-0.2, 0) is 4.79 Å². The van der Waals surface area contributed by atoms with E-state index >= 15 is 0 Å². The lowest BCUT2D eigenvalue weighted by molar-refractivity contribution is -0.384. The minimum absolute atomic E-state index is 0.0868. The molecule has 2 amide bonds. The highest BCUT2D eigenvalue weighted by Gasteiger charge is 2.27. The van der Waals surface area contributed by atoms with Gasteiger partial charge >= 0.3 is 0 Å². The zero-order valence-corrected chi connectivity index (χ0v) is 12.5. The highest BCUT2D eigenvalue weighted by molar-refractivity contribution is 6.33. The van der Waals surface area contributed by atoms with E-state index in [2.05, 4.69) is 5.32 Å². The van der Waals surface area contributed by atoms with Gasteiger partial charge in [0.25, 0.3) is 11.6 Å². The molecule has 0 saturated heterocycles. The average molecular weight is 326 g/mol. The lowest BCUT2D eigenvalue weighted by Gasteiger charge is -2.27. The summed E-state index contributed by atoms with van der Waals surface area (Å²) in [7, 11) is 0. The number of hydrogen-bond donors (Lipinski definition) is 2. The molecule has 0 heterocycles. The maximum atomic E-state index is 12.2. The van der Waals surface area contributed by atoms with Crippen LogP contribution >= 0.6 is 11.6 Å². The van der Waals surface area contributed by atoms with Crippen LogP contribution in [0.25, 0.3) is 0 Å². The largest absolute Gasteiger partial charge is 0.369 e. The average Bonchev–Trinajstić information content (AvgIpc) is 2.46. The molecule has 1 aromatic rings. The summed E-state index contributed by atoms with van der Waals surface area (Å²) < 4.78 is 0. The van der Waals surface area contributed by atoms with Crippen molar-refractivity contribution in [3.8, 4) is 0 Å². The Kier molecular flexibility index (Phi) is 4.97. The number of hydrogen-bond acceptors (Lipinski definition) is 4. The van der Waals surface area contributed by atoms with Crippen molar-refractivity contribution >= 4 is 29.1 Å². The van der Waals surface area contributed by atoms with E-state index in [0.29, 0.717) is 6.42 Å². The molecule has 7 nitrogen and oxygen atoms in total. The summed E-state index contributed by atoms with van der Waals surface area (Å²) in [6.07, 6.45) is 2.85. The summed E-state index contributed by atoms with van der Waals surface area (Å²) in [4.78, 5) is 33.5. The third kappa shape index (κ3) is 3.73. The first-order valence-corrected chi connectivity index (χ1v) is 7.30. The fourth-order valence-electron chi connectivity index (χ4n) is 2.64. The zero-order valence-electron chi connectivity index (χ0n) is 11.8. The smallest absolute Gasteiger partial charge is 0.287 e. The van der Waals surface area contributed by atoms with E-state index in [0.717, 1.165) is 19.3 Å². The molecule has 1 aliphatic carbocycles. The first kappa shape index (κ1) is 16.2. The van der Waals surface area contributed by atoms with Crippen LogP contribution in [0.5, 0.6) is 0 Å². The topological polar surface area (TPSA) is 115 Å². The molecule has 1 fully saturated rings. The van der Waals surface area contributed by atoms with Crippen LogP contribution in [0, 0.1) is 16.0 Å². The molecule has 0 spiro atoms. The van der Waals surface area contributed by atoms with Gasteiger partial charge in [-0.3, -0.25) is 19.7 Å². The van der Waals surface area contributed by atoms with Gasteiger partial charge in [-0.15, -0.1) is 0 Å². The van der Waals surface area contributed by atoms with Gasteiger partial charge in [0, 0.05) is 23.6 Å². The molecule has 1 aromatic carbocycles. The number of amides is 2. The summed E-state index contributed by atoms with van der Waals surface area (Å²) in [6.45, 7) is 0. The Balaban J connectivity index is 2.04. The van der Waals surface area contributed by atoms with Gasteiger partial charge in [-0.1, -0.05) is 18.0 Å². The number of benzene rings is 1. The molecule has 1 saturated carbocycles. The van der Waals surface area contributed by atoms with Gasteiger partial charge in [0.2, 0.25) is 5.91 Å². The molecule has 22 heavy (non-hydrogen) atoms. The molecule has 0 radical (unpaired) electrons. The van der Waals surface area contributed by atoms with Crippen LogP contribution in [0.1, 0.15) is 36.0 Å². The highest BCUT2D eigenvalue weighted by Crippen LogP contribution is 2.26. The standard InChI is InChI=1S/C14H16ClN3O4/c15-11-7-9(4-5-12(11)18(21)22)14(20)17-10-3-1-2-8(6-10)13(16)19/h4-5,7-8,10H,1-3,6H2,(H2,16,19)(H,17,20)/t8-,10-/m0/s1. The van der Waals surface area contributed by atoms with Crippen LogP contribution in [0.3, 0.4) is 0 Å². The van der Waals surface area contributed by atoms with Crippen LogP contribution in [0.4, 0.5) is 5.69 Å². The van der Waals surface area contributed by atoms with Crippen molar-refractivity contribution < 1.29 is 14.5 Å². The minimum atomic E-state index is -0.609. The van der Waals surface area contributed by atoms with Gasteiger partial charge in [0.15, 0.2) is 0 Å².